The zero-order valence-electron chi connectivity index (χ0n) is 17.5. The molecule has 2 N–H and O–H groups in total. The minimum Gasteiger partial charge on any atom is -0.323 e. The summed E-state index contributed by atoms with van der Waals surface area (Å²) < 4.78 is 40.2. The molecule has 172 valence electrons. The first-order valence-corrected chi connectivity index (χ1v) is 11.7. The highest BCUT2D eigenvalue weighted by atomic mass is 32.2. The normalized spacial score (nSPS) is 13.0. The molecule has 9 heteroatoms. The molecule has 0 saturated heterocycles. The first-order chi connectivity index (χ1) is 15.9. The maximum atomic E-state index is 14.1. The van der Waals surface area contributed by atoms with E-state index in [1.807, 2.05) is 0 Å². The van der Waals surface area contributed by atoms with Gasteiger partial charge in [0.15, 0.2) is 5.82 Å². The van der Waals surface area contributed by atoms with Crippen LogP contribution < -0.4 is 10.0 Å². The highest BCUT2D eigenvalue weighted by Crippen LogP contribution is 2.31. The van der Waals surface area contributed by atoms with Crippen molar-refractivity contribution in [1.29, 1.82) is 0 Å². The Morgan fingerprint density at radius 2 is 1.70 bits per heavy atom. The van der Waals surface area contributed by atoms with Crippen LogP contribution in [0.15, 0.2) is 90.3 Å². The number of carbonyl (C=O) groups is 1. The molecule has 4 aromatic rings. The first kappa shape index (κ1) is 22.3. The molecule has 2 heterocycles. The number of pyridine rings is 2. The molecule has 1 saturated carbocycles. The number of halogens is 1. The quantitative estimate of drug-likeness (QED) is 0.425. The van der Waals surface area contributed by atoms with E-state index in [1.165, 1.54) is 12.4 Å². The number of benzene rings is 2. The Morgan fingerprint density at radius 3 is 2.39 bits per heavy atom. The maximum Gasteiger partial charge on any atom is 0.261 e. The predicted octanol–water partition coefficient (Wildman–Crippen LogP) is 5.10. The topological polar surface area (TPSA) is 101 Å². The molecule has 7 nitrogen and oxygen atoms in total. The van der Waals surface area contributed by atoms with Crippen LogP contribution in [0.5, 0.6) is 0 Å². The number of nitrogens with zero attached hydrogens (tertiary/aromatic N) is 2. The largest absolute Gasteiger partial charge is 0.323 e. The minimum absolute atomic E-state index is 0. The van der Waals surface area contributed by atoms with Crippen molar-refractivity contribution in [2.75, 3.05) is 10.0 Å². The highest BCUT2D eigenvalue weighted by Gasteiger charge is 2.30. The van der Waals surface area contributed by atoms with Gasteiger partial charge in [0.1, 0.15) is 0 Å². The van der Waals surface area contributed by atoms with Crippen molar-refractivity contribution in [3.63, 3.8) is 0 Å². The number of rotatable bonds is 5. The van der Waals surface area contributed by atoms with Crippen LogP contribution in [-0.4, -0.2) is 24.3 Å². The average molecular weight is 469 g/mol. The number of hydrogen-bond acceptors (Lipinski definition) is 5. The van der Waals surface area contributed by atoms with Crippen LogP contribution in [0.2, 0.25) is 0 Å². The van der Waals surface area contributed by atoms with Crippen LogP contribution in [0.25, 0.3) is 10.8 Å². The molecule has 1 aliphatic carbocycles. The van der Waals surface area contributed by atoms with E-state index >= 15 is 0 Å². The van der Waals surface area contributed by atoms with E-state index in [4.69, 9.17) is 0 Å². The third-order valence-corrected chi connectivity index (χ3v) is 6.32. The second kappa shape index (κ2) is 9.74. The number of nitrogens with one attached hydrogen (secondary N) is 2. The fourth-order valence-corrected chi connectivity index (χ4v) is 4.11. The smallest absolute Gasteiger partial charge is 0.261 e. The van der Waals surface area contributed by atoms with E-state index < -0.39 is 10.0 Å². The summed E-state index contributed by atoms with van der Waals surface area (Å²) >= 11 is 0. The van der Waals surface area contributed by atoms with Crippen molar-refractivity contribution in [2.45, 2.75) is 17.7 Å². The Hall–Kier alpha value is -3.85. The van der Waals surface area contributed by atoms with E-state index in [2.05, 4.69) is 20.0 Å². The molecule has 0 bridgehead atoms. The van der Waals surface area contributed by atoms with Gasteiger partial charge in [0.25, 0.3) is 10.0 Å². The Kier molecular flexibility index (Phi) is 6.60. The zero-order chi connectivity index (χ0) is 23.3. The fraction of sp³-hybridized carbons (Fsp3) is 0.125. The van der Waals surface area contributed by atoms with Crippen LogP contribution in [0, 0.1) is 11.7 Å². The standard InChI is InChI=1S/C13H11FN2O.C11H10N2O2S.2H2/c14-12-10-5-6-15-7-9(10)3-4-11(12)16-13(17)8-1-2-8;14-16(15,11-6-2-1-3-7-11)13-10-5-4-8-12-9-10;;/h3-8H,1-2H2,(H,16,17);1-9,13H;2*1H. The third-order valence-electron chi connectivity index (χ3n) is 4.93. The first-order valence-electron chi connectivity index (χ1n) is 10.2. The number of fused-ring (bicyclic) bond motifs is 1. The van der Waals surface area contributed by atoms with Crippen LogP contribution in [0.1, 0.15) is 15.7 Å². The summed E-state index contributed by atoms with van der Waals surface area (Å²) in [5.41, 5.74) is 0.701. The van der Waals surface area contributed by atoms with Gasteiger partial charge in [-0.15, -0.1) is 0 Å². The SMILES string of the molecule is O=C(Nc1ccc2cnccc2c1F)C1CC1.O=S(=O)(Nc1cccnc1)c1ccccc1.[HH].[HH]. The molecule has 0 unspecified atom stereocenters. The molecule has 0 atom stereocenters. The van der Waals surface area contributed by atoms with E-state index in [9.17, 15) is 17.6 Å². The van der Waals surface area contributed by atoms with Crippen LogP contribution in [-0.2, 0) is 14.8 Å². The van der Waals surface area contributed by atoms with Gasteiger partial charge in [0.05, 0.1) is 22.5 Å². The van der Waals surface area contributed by atoms with Crippen LogP contribution in [0.4, 0.5) is 15.8 Å². The number of anilines is 2. The van der Waals surface area contributed by atoms with E-state index in [-0.39, 0.29) is 31.1 Å². The molecule has 2 aromatic heterocycles. The van der Waals surface area contributed by atoms with Gasteiger partial charge in [0.2, 0.25) is 5.91 Å². The van der Waals surface area contributed by atoms with Gasteiger partial charge in [-0.3, -0.25) is 19.5 Å². The molecule has 1 fully saturated rings. The van der Waals surface area contributed by atoms with Crippen molar-refractivity contribution < 1.29 is 20.5 Å². The lowest BCUT2D eigenvalue weighted by Crippen LogP contribution is -2.14. The fourth-order valence-electron chi connectivity index (χ4n) is 3.04. The van der Waals surface area contributed by atoms with Crippen molar-refractivity contribution >= 4 is 38.1 Å². The number of hydrogen-bond donors (Lipinski definition) is 2. The molecule has 2 aromatic carbocycles. The monoisotopic (exact) mass is 468 g/mol. The Morgan fingerprint density at radius 1 is 0.939 bits per heavy atom. The molecule has 0 spiro atoms. The molecule has 33 heavy (non-hydrogen) atoms. The lowest BCUT2D eigenvalue weighted by molar-refractivity contribution is -0.117. The van der Waals surface area contributed by atoms with Gasteiger partial charge in [0, 0.05) is 38.1 Å². The van der Waals surface area contributed by atoms with Crippen LogP contribution >= 0.6 is 0 Å². The van der Waals surface area contributed by atoms with E-state index in [0.717, 1.165) is 18.2 Å². The Balaban J connectivity index is 0.000000234. The van der Waals surface area contributed by atoms with Gasteiger partial charge in [-0.05, 0) is 49.2 Å². The van der Waals surface area contributed by atoms with Gasteiger partial charge < -0.3 is 5.32 Å². The maximum absolute atomic E-state index is 14.1. The summed E-state index contributed by atoms with van der Waals surface area (Å²) in [5, 5.41) is 3.84. The lowest BCUT2D eigenvalue weighted by atomic mass is 10.1. The number of sulfonamides is 1. The number of aromatic nitrogens is 2. The summed E-state index contributed by atoms with van der Waals surface area (Å²) in [7, 11) is -3.50. The summed E-state index contributed by atoms with van der Waals surface area (Å²) in [5.74, 6) is -0.404. The summed E-state index contributed by atoms with van der Waals surface area (Å²) in [6.45, 7) is 0. The highest BCUT2D eigenvalue weighted by molar-refractivity contribution is 7.92. The number of carbonyl (C=O) groups excluding carboxylic acids is 1. The summed E-state index contributed by atoms with van der Waals surface area (Å²) in [6, 6.07) is 16.5. The second-order valence-electron chi connectivity index (χ2n) is 7.45. The molecule has 1 amide bonds. The molecule has 5 rings (SSSR count). The van der Waals surface area contributed by atoms with Gasteiger partial charge in [-0.25, -0.2) is 12.8 Å². The summed E-state index contributed by atoms with van der Waals surface area (Å²) in [4.78, 5) is 19.6. The average Bonchev–Trinajstić information content (AvgIpc) is 3.68. The summed E-state index contributed by atoms with van der Waals surface area (Å²) in [6.07, 6.45) is 8.00. The third kappa shape index (κ3) is 5.69. The molecular formula is C24H25FN4O3S. The Bertz CT molecular complexity index is 1370. The zero-order valence-corrected chi connectivity index (χ0v) is 18.3. The van der Waals surface area contributed by atoms with Crippen molar-refractivity contribution in [1.82, 2.24) is 9.97 Å². The van der Waals surface area contributed by atoms with Crippen LogP contribution in [0.3, 0.4) is 0 Å². The predicted molar refractivity (Wildman–Crippen MR) is 129 cm³/mol. The Labute approximate surface area is 193 Å². The molecule has 0 aliphatic heterocycles. The van der Waals surface area contributed by atoms with E-state index in [0.29, 0.717) is 11.1 Å². The number of amides is 1. The van der Waals surface area contributed by atoms with Gasteiger partial charge in [-0.1, -0.05) is 24.3 Å². The van der Waals surface area contributed by atoms with Crippen molar-refractivity contribution in [3.05, 3.63) is 91.3 Å². The van der Waals surface area contributed by atoms with Crippen molar-refractivity contribution in [3.8, 4) is 0 Å². The van der Waals surface area contributed by atoms with E-state index in [1.54, 1.807) is 73.1 Å². The second-order valence-corrected chi connectivity index (χ2v) is 9.13. The molecule has 0 radical (unpaired) electrons. The lowest BCUT2D eigenvalue weighted by Gasteiger charge is -2.07. The molecular weight excluding hydrogens is 443 g/mol. The molecule has 1 aliphatic rings. The van der Waals surface area contributed by atoms with Gasteiger partial charge >= 0.3 is 0 Å². The van der Waals surface area contributed by atoms with Crippen molar-refractivity contribution in [2.24, 2.45) is 5.92 Å². The van der Waals surface area contributed by atoms with Gasteiger partial charge in [-0.2, -0.15) is 0 Å². The minimum atomic E-state index is -3.50.